The lowest BCUT2D eigenvalue weighted by Gasteiger charge is -2.37. The summed E-state index contributed by atoms with van der Waals surface area (Å²) in [6.07, 6.45) is -21.4. The lowest BCUT2D eigenvalue weighted by atomic mass is 9.77. The molecule has 1 aliphatic rings. The first kappa shape index (κ1) is 38.1. The molecule has 0 spiro atoms. The minimum Gasteiger partial charge on any atom is -0.456 e. The summed E-state index contributed by atoms with van der Waals surface area (Å²) in [5, 5.41) is 14.0. The maximum Gasteiger partial charge on any atom is 0.416 e. The van der Waals surface area contributed by atoms with Gasteiger partial charge in [0.05, 0.1) is 22.3 Å². The maximum absolute atomic E-state index is 13.4. The van der Waals surface area contributed by atoms with E-state index in [0.717, 1.165) is 0 Å². The van der Waals surface area contributed by atoms with Gasteiger partial charge in [0.25, 0.3) is 0 Å². The molecule has 44 heavy (non-hydrogen) atoms. The van der Waals surface area contributed by atoms with Gasteiger partial charge in [-0.15, -0.1) is 0 Å². The van der Waals surface area contributed by atoms with Crippen LogP contribution in [-0.2, 0) is 34.4 Å². The summed E-state index contributed by atoms with van der Waals surface area (Å²) >= 11 is 0. The average Bonchev–Trinajstić information content (AvgIpc) is 3.34. The van der Waals surface area contributed by atoms with Crippen LogP contribution in [0.15, 0.2) is 36.4 Å². The van der Waals surface area contributed by atoms with Crippen molar-refractivity contribution in [1.29, 1.82) is 0 Å². The van der Waals surface area contributed by atoms with E-state index in [1.807, 2.05) is 0 Å². The second kappa shape index (κ2) is 12.6. The fraction of sp³-hybridized carbons (Fsp3) is 0.556. The zero-order valence-corrected chi connectivity index (χ0v) is 26.6. The summed E-state index contributed by atoms with van der Waals surface area (Å²) in [5.74, 6) is 0. The molecule has 0 bridgehead atoms. The molecule has 1 aliphatic heterocycles. The molecule has 17 heteroatoms. The highest BCUT2D eigenvalue weighted by atomic mass is 28.4. The lowest BCUT2D eigenvalue weighted by Crippen LogP contribution is -2.46. The molecule has 3 nitrogen and oxygen atoms in total. The molecule has 250 valence electrons. The topological polar surface area (TPSA) is 41.5 Å². The quantitative estimate of drug-likeness (QED) is 0.243. The molecule has 2 aromatic carbocycles. The van der Waals surface area contributed by atoms with Gasteiger partial charge in [0.15, 0.2) is 16.6 Å². The van der Waals surface area contributed by atoms with Crippen LogP contribution >= 0.6 is 0 Å². The first-order valence-corrected chi connectivity index (χ1v) is 20.0. The molecule has 1 heterocycles. The molecule has 1 saturated heterocycles. The van der Waals surface area contributed by atoms with Crippen molar-refractivity contribution in [2.45, 2.75) is 88.5 Å². The first-order valence-electron chi connectivity index (χ1n) is 13.2. The monoisotopic (exact) mass is 687 g/mol. The number of aliphatic hydroxyl groups is 1. The van der Waals surface area contributed by atoms with Crippen LogP contribution in [0.3, 0.4) is 0 Å². The molecule has 0 aliphatic carbocycles. The molecule has 2 N–H and O–H groups in total. The van der Waals surface area contributed by atoms with Crippen molar-refractivity contribution >= 4 is 16.6 Å². The van der Waals surface area contributed by atoms with Crippen LogP contribution in [0.1, 0.15) is 46.2 Å². The van der Waals surface area contributed by atoms with Gasteiger partial charge in [0, 0.05) is 6.04 Å². The lowest BCUT2D eigenvalue weighted by molar-refractivity contribution is -0.144. The summed E-state index contributed by atoms with van der Waals surface area (Å²) in [4.78, 5) is 0. The highest BCUT2D eigenvalue weighted by molar-refractivity contribution is 6.83. The zero-order chi connectivity index (χ0) is 34.3. The second-order valence-electron chi connectivity index (χ2n) is 12.3. The first-order chi connectivity index (χ1) is 19.4. The Balaban J connectivity index is 0.000000651. The maximum atomic E-state index is 13.4. The van der Waals surface area contributed by atoms with E-state index in [-0.39, 0.29) is 55.8 Å². The Morgan fingerprint density at radius 3 is 1.02 bits per heavy atom. The minimum absolute atomic E-state index is 0.0587. The number of rotatable bonds is 5. The molecule has 0 amide bonds. The summed E-state index contributed by atoms with van der Waals surface area (Å²) in [6, 6.07) is -1.67. The second-order valence-corrected chi connectivity index (χ2v) is 21.6. The van der Waals surface area contributed by atoms with Crippen molar-refractivity contribution < 1.29 is 61.9 Å². The van der Waals surface area contributed by atoms with Crippen LogP contribution in [0, 0.1) is 0 Å². The third-order valence-corrected chi connectivity index (χ3v) is 11.1. The van der Waals surface area contributed by atoms with Gasteiger partial charge in [-0.3, -0.25) is 0 Å². The van der Waals surface area contributed by atoms with Crippen LogP contribution < -0.4 is 5.32 Å². The Bertz CT molecular complexity index is 1130. The molecule has 1 atom stereocenters. The average molecular weight is 688 g/mol. The number of hydrogen-bond donors (Lipinski definition) is 2. The number of benzene rings is 2. The molecule has 0 aromatic heterocycles. The van der Waals surface area contributed by atoms with E-state index in [1.54, 1.807) is 0 Å². The number of hydrogen-bond acceptors (Lipinski definition) is 3. The van der Waals surface area contributed by atoms with E-state index < -0.39 is 86.4 Å². The van der Waals surface area contributed by atoms with Gasteiger partial charge in [-0.05, 0) is 106 Å². The van der Waals surface area contributed by atoms with E-state index >= 15 is 0 Å². The van der Waals surface area contributed by atoms with Gasteiger partial charge in [-0.1, -0.05) is 0 Å². The molecular formula is C27H33F12NO2Si2. The van der Waals surface area contributed by atoms with Crippen LogP contribution in [0.2, 0.25) is 39.3 Å². The van der Waals surface area contributed by atoms with Gasteiger partial charge in [0.2, 0.25) is 0 Å². The van der Waals surface area contributed by atoms with E-state index in [9.17, 15) is 57.8 Å². The van der Waals surface area contributed by atoms with Gasteiger partial charge in [-0.2, -0.15) is 52.7 Å². The van der Waals surface area contributed by atoms with E-state index in [1.165, 1.54) is 0 Å². The molecule has 0 saturated carbocycles. The molecule has 0 radical (unpaired) electrons. The van der Waals surface area contributed by atoms with Crippen molar-refractivity contribution in [3.05, 3.63) is 69.8 Å². The molecular weight excluding hydrogens is 654 g/mol. The normalized spacial score (nSPS) is 17.4. The van der Waals surface area contributed by atoms with Crippen LogP contribution in [-0.4, -0.2) is 34.3 Å². The Labute approximate surface area is 248 Å². The summed E-state index contributed by atoms with van der Waals surface area (Å²) in [7, 11) is -2.46. The third-order valence-electron chi connectivity index (χ3n) is 6.23. The summed E-state index contributed by atoms with van der Waals surface area (Å²) < 4.78 is 166. The van der Waals surface area contributed by atoms with Crippen molar-refractivity contribution in [3.8, 4) is 0 Å². The smallest absolute Gasteiger partial charge is 0.416 e. The highest BCUT2D eigenvalue weighted by Crippen LogP contribution is 2.45. The Morgan fingerprint density at radius 1 is 0.568 bits per heavy atom. The molecule has 0 unspecified atom stereocenters. The van der Waals surface area contributed by atoms with Gasteiger partial charge in [0.1, 0.15) is 5.60 Å². The van der Waals surface area contributed by atoms with Crippen molar-refractivity contribution in [1.82, 2.24) is 5.32 Å². The predicted molar refractivity (Wildman–Crippen MR) is 145 cm³/mol. The Kier molecular flexibility index (Phi) is 10.9. The fourth-order valence-electron chi connectivity index (χ4n) is 4.88. The molecule has 3 rings (SSSR count). The SMILES string of the molecule is C[Si](C)(C)O[Si](C)(C)C.OC(c1cc(C(F)(F)F)cc(C(F)(F)F)c1)(c1cc(C(F)(F)F)cc(C(F)(F)F)c1)[C@@H]1CCCN1. The molecule has 1 fully saturated rings. The summed E-state index contributed by atoms with van der Waals surface area (Å²) in [5.41, 5.74) is -13.0. The Morgan fingerprint density at radius 2 is 0.841 bits per heavy atom. The third kappa shape index (κ3) is 10.2. The van der Waals surface area contributed by atoms with Crippen LogP contribution in [0.25, 0.3) is 0 Å². The fourth-order valence-corrected chi connectivity index (χ4v) is 12.2. The van der Waals surface area contributed by atoms with Crippen LogP contribution in [0.4, 0.5) is 52.7 Å². The Hall–Kier alpha value is -2.09. The highest BCUT2D eigenvalue weighted by Gasteiger charge is 2.47. The summed E-state index contributed by atoms with van der Waals surface area (Å²) in [6.45, 7) is 13.5. The number of alkyl halides is 12. The van der Waals surface area contributed by atoms with E-state index in [0.29, 0.717) is 0 Å². The standard InChI is InChI=1S/C21H15F12NO.C6H18OSi2/c22-18(23,24)12-4-10(5-13(8-12)19(25,26)27)17(35,16-2-1-3-34-16)11-6-14(20(28,29)30)9-15(7-11)21(31,32)33;1-8(2,3)7-9(4,5)6/h4-9,16,34-35H,1-3H2;1-6H3/t16-;/m0./s1. The van der Waals surface area contributed by atoms with Crippen molar-refractivity contribution in [2.75, 3.05) is 6.54 Å². The number of halogens is 12. The van der Waals surface area contributed by atoms with E-state index in [4.69, 9.17) is 4.12 Å². The minimum atomic E-state index is -5.37. The zero-order valence-electron chi connectivity index (χ0n) is 24.6. The van der Waals surface area contributed by atoms with Gasteiger partial charge >= 0.3 is 24.7 Å². The van der Waals surface area contributed by atoms with Gasteiger partial charge in [-0.25, -0.2) is 0 Å². The van der Waals surface area contributed by atoms with Crippen molar-refractivity contribution in [3.63, 3.8) is 0 Å². The molecule has 2 aromatic rings. The van der Waals surface area contributed by atoms with Gasteiger partial charge < -0.3 is 14.5 Å². The largest absolute Gasteiger partial charge is 0.456 e. The van der Waals surface area contributed by atoms with Crippen molar-refractivity contribution in [2.24, 2.45) is 0 Å². The van der Waals surface area contributed by atoms with E-state index in [2.05, 4.69) is 44.6 Å². The number of nitrogens with one attached hydrogen (secondary N) is 1. The van der Waals surface area contributed by atoms with Crippen LogP contribution in [0.5, 0.6) is 0 Å². The predicted octanol–water partition coefficient (Wildman–Crippen LogP) is 9.42.